The fourth-order valence-corrected chi connectivity index (χ4v) is 0.282. The van der Waals surface area contributed by atoms with Gasteiger partial charge in [-0.25, -0.2) is 0 Å². The summed E-state index contributed by atoms with van der Waals surface area (Å²) >= 11 is 0. The molecule has 7 heavy (non-hydrogen) atoms. The average Bonchev–Trinajstić information content (AvgIpc) is 1.86. The van der Waals surface area contributed by atoms with Crippen LogP contribution in [0.1, 0.15) is 0 Å². The maximum atomic E-state index is 3.72. The minimum absolute atomic E-state index is 0. The molecule has 0 aliphatic heterocycles. The van der Waals surface area contributed by atoms with E-state index in [0.717, 1.165) is 0 Å². The Kier molecular flexibility index (Phi) is 2.84. The van der Waals surface area contributed by atoms with E-state index >= 15 is 0 Å². The molecule has 0 fully saturated rings. The molecule has 0 aliphatic carbocycles. The average molecular weight is 278 g/mol. The van der Waals surface area contributed by atoms with Gasteiger partial charge in [0.15, 0.2) is 0 Å². The summed E-state index contributed by atoms with van der Waals surface area (Å²) in [5, 5.41) is 7.44. The Morgan fingerprint density at radius 1 is 1.29 bits per heavy atom. The molecule has 3 nitrogen and oxygen atoms in total. The van der Waals surface area contributed by atoms with Crippen LogP contribution in [0.5, 0.6) is 0 Å². The number of nitrogens with zero attached hydrogens (tertiary/aromatic N) is 3. The van der Waals surface area contributed by atoms with Gasteiger partial charge >= 0.3 is 0 Å². The van der Waals surface area contributed by atoms with E-state index in [0.29, 0.717) is 0 Å². The van der Waals surface area contributed by atoms with Crippen molar-refractivity contribution in [2.75, 3.05) is 0 Å². The quantitative estimate of drug-likeness (QED) is 0.659. The van der Waals surface area contributed by atoms with Gasteiger partial charge < -0.3 is 0 Å². The Labute approximate surface area is 56.0 Å². The molecule has 42 valence electrons. The van der Waals surface area contributed by atoms with Crippen molar-refractivity contribution in [1.82, 2.24) is 15.0 Å². The summed E-state index contributed by atoms with van der Waals surface area (Å²) < 4.78 is 0. The standard InChI is InChI=1S/C3H5N3.Pt/c1-6-4-2-3-5-6;/h2-3H,1H3;. The summed E-state index contributed by atoms with van der Waals surface area (Å²) in [5.41, 5.74) is 0. The van der Waals surface area contributed by atoms with Gasteiger partial charge in [0, 0.05) is 28.1 Å². The van der Waals surface area contributed by atoms with Crippen LogP contribution in [0.2, 0.25) is 0 Å². The van der Waals surface area contributed by atoms with Crippen molar-refractivity contribution in [3.05, 3.63) is 12.4 Å². The van der Waals surface area contributed by atoms with Crippen LogP contribution >= 0.6 is 0 Å². The largest absolute Gasteiger partial charge is 0.188 e. The molecular formula is C3H5N3Pt. The molecule has 0 amide bonds. The van der Waals surface area contributed by atoms with E-state index in [2.05, 4.69) is 10.2 Å². The fourth-order valence-electron chi connectivity index (χ4n) is 0.282. The van der Waals surface area contributed by atoms with Crippen LogP contribution < -0.4 is 0 Å². The monoisotopic (exact) mass is 278 g/mol. The summed E-state index contributed by atoms with van der Waals surface area (Å²) in [6, 6.07) is 0. The second kappa shape index (κ2) is 2.91. The van der Waals surface area contributed by atoms with Gasteiger partial charge in [-0.05, 0) is 0 Å². The van der Waals surface area contributed by atoms with Crippen molar-refractivity contribution in [2.24, 2.45) is 7.05 Å². The number of aromatic nitrogens is 3. The van der Waals surface area contributed by atoms with Gasteiger partial charge in [-0.2, -0.15) is 15.0 Å². The second-order valence-electron chi connectivity index (χ2n) is 1.02. The van der Waals surface area contributed by atoms with Gasteiger partial charge in [-0.3, -0.25) is 0 Å². The first-order chi connectivity index (χ1) is 2.89. The molecule has 0 spiro atoms. The zero-order valence-electron chi connectivity index (χ0n) is 3.81. The maximum Gasteiger partial charge on any atom is 0.0692 e. The van der Waals surface area contributed by atoms with E-state index in [-0.39, 0.29) is 21.1 Å². The van der Waals surface area contributed by atoms with E-state index in [1.165, 1.54) is 4.80 Å². The molecule has 1 aromatic heterocycles. The topological polar surface area (TPSA) is 30.7 Å². The van der Waals surface area contributed by atoms with Crippen molar-refractivity contribution in [1.29, 1.82) is 0 Å². The van der Waals surface area contributed by atoms with Gasteiger partial charge in [0.2, 0.25) is 0 Å². The third kappa shape index (κ3) is 1.83. The Morgan fingerprint density at radius 3 is 1.86 bits per heavy atom. The molecule has 1 rings (SSSR count). The molecule has 0 radical (unpaired) electrons. The Balaban J connectivity index is 0.000000360. The van der Waals surface area contributed by atoms with Crippen molar-refractivity contribution < 1.29 is 21.1 Å². The van der Waals surface area contributed by atoms with Gasteiger partial charge in [-0.1, -0.05) is 0 Å². The normalized spacial score (nSPS) is 7.57. The molecule has 0 aliphatic rings. The van der Waals surface area contributed by atoms with Crippen LogP contribution in [0.4, 0.5) is 0 Å². The Bertz CT molecular complexity index is 114. The second-order valence-corrected chi connectivity index (χ2v) is 1.02. The molecule has 0 atom stereocenters. The molecule has 0 unspecified atom stereocenters. The predicted octanol–water partition coefficient (Wildman–Crippen LogP) is -0.187. The molecule has 0 aromatic carbocycles. The van der Waals surface area contributed by atoms with E-state index in [1.807, 2.05) is 0 Å². The number of rotatable bonds is 0. The van der Waals surface area contributed by atoms with Crippen molar-refractivity contribution in [3.63, 3.8) is 0 Å². The molecule has 1 aromatic rings. The van der Waals surface area contributed by atoms with Crippen molar-refractivity contribution in [3.8, 4) is 0 Å². The maximum absolute atomic E-state index is 3.72. The SMILES string of the molecule is Cn1nccn1.[Pt]. The molecule has 0 saturated heterocycles. The van der Waals surface area contributed by atoms with Crippen molar-refractivity contribution in [2.45, 2.75) is 0 Å². The molecule has 1 heterocycles. The molecule has 0 bridgehead atoms. The molecular weight excluding hydrogens is 273 g/mol. The van der Waals surface area contributed by atoms with Crippen molar-refractivity contribution >= 4 is 0 Å². The zero-order chi connectivity index (χ0) is 4.41. The van der Waals surface area contributed by atoms with Gasteiger partial charge in [0.05, 0.1) is 12.4 Å². The minimum Gasteiger partial charge on any atom is -0.188 e. The van der Waals surface area contributed by atoms with Gasteiger partial charge in [0.1, 0.15) is 0 Å². The van der Waals surface area contributed by atoms with Crippen LogP contribution in [-0.2, 0) is 28.1 Å². The van der Waals surface area contributed by atoms with Gasteiger partial charge in [-0.15, -0.1) is 0 Å². The third-order valence-corrected chi connectivity index (χ3v) is 0.534. The predicted molar refractivity (Wildman–Crippen MR) is 21.0 cm³/mol. The smallest absolute Gasteiger partial charge is 0.0692 e. The third-order valence-electron chi connectivity index (χ3n) is 0.534. The van der Waals surface area contributed by atoms with E-state index < -0.39 is 0 Å². The van der Waals surface area contributed by atoms with Crippen LogP contribution in [-0.4, -0.2) is 15.0 Å². The molecule has 4 heteroatoms. The van der Waals surface area contributed by atoms with Crippen LogP contribution in [0.3, 0.4) is 0 Å². The van der Waals surface area contributed by atoms with E-state index in [9.17, 15) is 0 Å². The fraction of sp³-hybridized carbons (Fsp3) is 0.333. The number of hydrogen-bond acceptors (Lipinski definition) is 2. The minimum atomic E-state index is 0. The van der Waals surface area contributed by atoms with Crippen LogP contribution in [0, 0.1) is 0 Å². The summed E-state index contributed by atoms with van der Waals surface area (Å²) in [7, 11) is 1.78. The first-order valence-corrected chi connectivity index (χ1v) is 1.70. The summed E-state index contributed by atoms with van der Waals surface area (Å²) in [6.45, 7) is 0. The van der Waals surface area contributed by atoms with E-state index in [1.54, 1.807) is 19.4 Å². The van der Waals surface area contributed by atoms with Crippen LogP contribution in [0.15, 0.2) is 12.4 Å². The first kappa shape index (κ1) is 6.83. The molecule has 0 saturated carbocycles. The van der Waals surface area contributed by atoms with Crippen LogP contribution in [0.25, 0.3) is 0 Å². The summed E-state index contributed by atoms with van der Waals surface area (Å²) in [5.74, 6) is 0. The summed E-state index contributed by atoms with van der Waals surface area (Å²) in [6.07, 6.45) is 3.28. The Morgan fingerprint density at radius 2 is 1.71 bits per heavy atom. The number of aryl methyl sites for hydroxylation is 1. The van der Waals surface area contributed by atoms with E-state index in [4.69, 9.17) is 0 Å². The number of hydrogen-bond donors (Lipinski definition) is 0. The zero-order valence-corrected chi connectivity index (χ0v) is 6.08. The first-order valence-electron chi connectivity index (χ1n) is 1.70. The molecule has 0 N–H and O–H groups in total. The Hall–Kier alpha value is -0.172. The van der Waals surface area contributed by atoms with Gasteiger partial charge in [0.25, 0.3) is 0 Å². The summed E-state index contributed by atoms with van der Waals surface area (Å²) in [4.78, 5) is 1.50.